The van der Waals surface area contributed by atoms with E-state index >= 15 is 0 Å². The molecule has 0 spiro atoms. The highest BCUT2D eigenvalue weighted by atomic mass is 32.2. The molecule has 0 amide bonds. The zero-order chi connectivity index (χ0) is 19.8. The molecule has 0 bridgehead atoms. The van der Waals surface area contributed by atoms with Gasteiger partial charge in [0.1, 0.15) is 11.6 Å². The van der Waals surface area contributed by atoms with E-state index in [0.717, 1.165) is 13.2 Å². The van der Waals surface area contributed by atoms with Crippen LogP contribution in [0.25, 0.3) is 0 Å². The molecular formula is C16H16F4O5S. The maximum absolute atomic E-state index is 13.9. The predicted molar refractivity (Wildman–Crippen MR) is 82.8 cm³/mol. The van der Waals surface area contributed by atoms with Crippen LogP contribution < -0.4 is 0 Å². The van der Waals surface area contributed by atoms with Gasteiger partial charge >= 0.3 is 21.6 Å². The molecule has 144 valence electrons. The average Bonchev–Trinajstić information content (AvgIpc) is 2.56. The third-order valence-electron chi connectivity index (χ3n) is 4.34. The summed E-state index contributed by atoms with van der Waals surface area (Å²) in [7, 11) is -4.64. The van der Waals surface area contributed by atoms with Crippen molar-refractivity contribution in [2.45, 2.75) is 37.1 Å². The molecular weight excluding hydrogens is 380 g/mol. The number of allylic oxidation sites excluding steroid dienone is 2. The third kappa shape index (κ3) is 3.55. The molecule has 2 rings (SSSR count). The van der Waals surface area contributed by atoms with Crippen LogP contribution in [-0.2, 0) is 29.2 Å². The Morgan fingerprint density at radius 1 is 1.27 bits per heavy atom. The van der Waals surface area contributed by atoms with Gasteiger partial charge in [0.25, 0.3) is 0 Å². The normalized spacial score (nSPS) is 21.1. The van der Waals surface area contributed by atoms with E-state index in [1.807, 2.05) is 0 Å². The summed E-state index contributed by atoms with van der Waals surface area (Å²) in [5.74, 6) is -1.66. The fraction of sp³-hybridized carbons (Fsp3) is 0.438. The van der Waals surface area contributed by atoms with Gasteiger partial charge in [-0.1, -0.05) is 12.1 Å². The van der Waals surface area contributed by atoms with Crippen molar-refractivity contribution < 1.29 is 39.7 Å². The Hall–Kier alpha value is -2.10. The van der Waals surface area contributed by atoms with E-state index in [1.165, 1.54) is 25.1 Å². The highest BCUT2D eigenvalue weighted by Gasteiger charge is 2.50. The van der Waals surface area contributed by atoms with Crippen molar-refractivity contribution >= 4 is 16.1 Å². The van der Waals surface area contributed by atoms with E-state index in [1.54, 1.807) is 0 Å². The summed E-state index contributed by atoms with van der Waals surface area (Å²) in [5.41, 5.74) is -6.35. The Balaban J connectivity index is 2.40. The molecule has 0 saturated carbocycles. The molecule has 1 aromatic rings. The smallest absolute Gasteiger partial charge is 0.468 e. The summed E-state index contributed by atoms with van der Waals surface area (Å²) < 4.78 is 82.3. The van der Waals surface area contributed by atoms with Gasteiger partial charge in [0.15, 0.2) is 0 Å². The van der Waals surface area contributed by atoms with Crippen LogP contribution in [0.4, 0.5) is 17.6 Å². The summed E-state index contributed by atoms with van der Waals surface area (Å²) in [4.78, 5) is 12.4. The molecule has 1 aromatic carbocycles. The maximum Gasteiger partial charge on any atom is 0.534 e. The lowest BCUT2D eigenvalue weighted by molar-refractivity contribution is -0.148. The van der Waals surface area contributed by atoms with Gasteiger partial charge in [0.05, 0.1) is 12.5 Å². The maximum atomic E-state index is 13.9. The number of halogens is 4. The summed E-state index contributed by atoms with van der Waals surface area (Å²) in [6.45, 7) is 1.47. The van der Waals surface area contributed by atoms with Crippen LogP contribution in [0, 0.1) is 12.7 Å². The van der Waals surface area contributed by atoms with Crippen LogP contribution in [0.3, 0.4) is 0 Å². The fourth-order valence-electron chi connectivity index (χ4n) is 2.95. The molecule has 26 heavy (non-hydrogen) atoms. The molecule has 0 heterocycles. The molecule has 1 atom stereocenters. The zero-order valence-electron chi connectivity index (χ0n) is 13.9. The number of carbonyl (C=O) groups is 1. The topological polar surface area (TPSA) is 69.7 Å². The number of methoxy groups -OCH3 is 1. The Bertz CT molecular complexity index is 845. The first-order valence-corrected chi connectivity index (χ1v) is 8.89. The minimum absolute atomic E-state index is 0.0941. The van der Waals surface area contributed by atoms with E-state index in [9.17, 15) is 30.8 Å². The average molecular weight is 396 g/mol. The van der Waals surface area contributed by atoms with Gasteiger partial charge in [-0.15, -0.1) is 0 Å². The molecule has 5 nitrogen and oxygen atoms in total. The highest BCUT2D eigenvalue weighted by Crippen LogP contribution is 2.42. The molecule has 0 aromatic heterocycles. The van der Waals surface area contributed by atoms with Crippen molar-refractivity contribution in [2.75, 3.05) is 7.11 Å². The van der Waals surface area contributed by atoms with E-state index in [-0.39, 0.29) is 24.8 Å². The second-order valence-corrected chi connectivity index (χ2v) is 7.38. The van der Waals surface area contributed by atoms with Gasteiger partial charge in [0, 0.05) is 6.42 Å². The standard InChI is InChI=1S/C16H16F4O5S/c1-10-12(4-3-5-13(10)17)15(14(21)24-2)8-6-11(7-9-15)25-26(22,23)16(18,19)20/h3-6H,7-9H2,1-2H3. The SMILES string of the molecule is COC(=O)C1(c2cccc(F)c2C)CC=C(OS(=O)(=O)C(F)(F)F)CC1. The van der Waals surface area contributed by atoms with E-state index in [0.29, 0.717) is 5.56 Å². The lowest BCUT2D eigenvalue weighted by atomic mass is 9.70. The van der Waals surface area contributed by atoms with Crippen molar-refractivity contribution in [1.82, 2.24) is 0 Å². The third-order valence-corrected chi connectivity index (χ3v) is 5.34. The summed E-state index contributed by atoms with van der Waals surface area (Å²) in [6.07, 6.45) is 0.546. The Kier molecular flexibility index (Phi) is 5.36. The van der Waals surface area contributed by atoms with E-state index in [4.69, 9.17) is 4.74 Å². The van der Waals surface area contributed by atoms with E-state index < -0.39 is 38.6 Å². The first-order chi connectivity index (χ1) is 11.9. The molecule has 1 aliphatic carbocycles. The number of rotatable bonds is 4. The molecule has 0 radical (unpaired) electrons. The van der Waals surface area contributed by atoms with Gasteiger partial charge in [-0.05, 0) is 43.0 Å². The molecule has 0 saturated heterocycles. The number of carbonyl (C=O) groups excluding carboxylic acids is 1. The minimum Gasteiger partial charge on any atom is -0.468 e. The monoisotopic (exact) mass is 396 g/mol. The van der Waals surface area contributed by atoms with Crippen LogP contribution in [0.1, 0.15) is 30.4 Å². The van der Waals surface area contributed by atoms with Crippen molar-refractivity contribution in [3.8, 4) is 0 Å². The molecule has 1 aliphatic rings. The highest BCUT2D eigenvalue weighted by molar-refractivity contribution is 7.87. The Morgan fingerprint density at radius 3 is 2.42 bits per heavy atom. The lowest BCUT2D eigenvalue weighted by Crippen LogP contribution is -2.39. The fourth-order valence-corrected chi connectivity index (χ4v) is 3.48. The zero-order valence-corrected chi connectivity index (χ0v) is 14.7. The molecule has 0 aliphatic heterocycles. The number of ether oxygens (including phenoxy) is 1. The van der Waals surface area contributed by atoms with Crippen LogP contribution in [0.15, 0.2) is 30.0 Å². The summed E-state index contributed by atoms with van der Waals surface area (Å²) in [6, 6.07) is 4.15. The molecule has 1 unspecified atom stereocenters. The predicted octanol–water partition coefficient (Wildman–Crippen LogP) is 3.48. The second kappa shape index (κ2) is 6.90. The molecule has 0 N–H and O–H groups in total. The molecule has 0 fully saturated rings. The Labute approximate surface area is 147 Å². The van der Waals surface area contributed by atoms with Crippen LogP contribution in [-0.4, -0.2) is 27.0 Å². The quantitative estimate of drug-likeness (QED) is 0.337. The largest absolute Gasteiger partial charge is 0.534 e. The van der Waals surface area contributed by atoms with Gasteiger partial charge in [0.2, 0.25) is 0 Å². The number of benzene rings is 1. The van der Waals surface area contributed by atoms with Gasteiger partial charge in [-0.25, -0.2) is 4.39 Å². The van der Waals surface area contributed by atoms with Crippen LogP contribution in [0.5, 0.6) is 0 Å². The first kappa shape index (κ1) is 20.2. The van der Waals surface area contributed by atoms with E-state index in [2.05, 4.69) is 4.18 Å². The number of hydrogen-bond donors (Lipinski definition) is 0. The van der Waals surface area contributed by atoms with Gasteiger partial charge < -0.3 is 8.92 Å². The molecule has 10 heteroatoms. The number of esters is 1. The summed E-state index contributed by atoms with van der Waals surface area (Å²) in [5, 5.41) is 0. The minimum atomic E-state index is -5.78. The number of hydrogen-bond acceptors (Lipinski definition) is 5. The lowest BCUT2D eigenvalue weighted by Gasteiger charge is -2.35. The van der Waals surface area contributed by atoms with Gasteiger partial charge in [-0.2, -0.15) is 21.6 Å². The first-order valence-electron chi connectivity index (χ1n) is 7.48. The number of alkyl halides is 3. The second-order valence-electron chi connectivity index (χ2n) is 5.84. The van der Waals surface area contributed by atoms with Crippen molar-refractivity contribution in [3.05, 3.63) is 47.0 Å². The summed E-state index contributed by atoms with van der Waals surface area (Å²) >= 11 is 0. The van der Waals surface area contributed by atoms with Gasteiger partial charge in [-0.3, -0.25) is 4.79 Å². The van der Waals surface area contributed by atoms with Crippen molar-refractivity contribution in [2.24, 2.45) is 0 Å². The Morgan fingerprint density at radius 2 is 1.92 bits per heavy atom. The van der Waals surface area contributed by atoms with Crippen LogP contribution in [0.2, 0.25) is 0 Å². The van der Waals surface area contributed by atoms with Crippen molar-refractivity contribution in [3.63, 3.8) is 0 Å². The van der Waals surface area contributed by atoms with Crippen LogP contribution >= 0.6 is 0 Å². The van der Waals surface area contributed by atoms with Crippen molar-refractivity contribution in [1.29, 1.82) is 0 Å².